The van der Waals surface area contributed by atoms with Gasteiger partial charge in [0.15, 0.2) is 0 Å². The molecule has 4 nitrogen and oxygen atoms in total. The van der Waals surface area contributed by atoms with Gasteiger partial charge in [-0.3, -0.25) is 4.79 Å². The van der Waals surface area contributed by atoms with Gasteiger partial charge in [-0.25, -0.2) is 0 Å². The lowest BCUT2D eigenvalue weighted by Crippen LogP contribution is -2.37. The highest BCUT2D eigenvalue weighted by molar-refractivity contribution is 5.94. The Labute approximate surface area is 153 Å². The van der Waals surface area contributed by atoms with Crippen LogP contribution in [0.5, 0.6) is 5.75 Å². The summed E-state index contributed by atoms with van der Waals surface area (Å²) in [6, 6.07) is 19.2. The molecular weight excluding hydrogens is 324 g/mol. The highest BCUT2D eigenvalue weighted by Crippen LogP contribution is 2.29. The average Bonchev–Trinajstić information content (AvgIpc) is 3.23. The van der Waals surface area contributed by atoms with Crippen LogP contribution >= 0.6 is 0 Å². The van der Waals surface area contributed by atoms with Gasteiger partial charge in [-0.15, -0.1) is 0 Å². The monoisotopic (exact) mass is 346 g/mol. The van der Waals surface area contributed by atoms with Crippen molar-refractivity contribution in [1.82, 2.24) is 9.47 Å². The first-order chi connectivity index (χ1) is 12.7. The highest BCUT2D eigenvalue weighted by atomic mass is 16.3. The van der Waals surface area contributed by atoms with Gasteiger partial charge in [-0.05, 0) is 72.9 Å². The summed E-state index contributed by atoms with van der Waals surface area (Å²) in [5.74, 6) is 0.855. The summed E-state index contributed by atoms with van der Waals surface area (Å²) in [6.45, 7) is 1.54. The number of aromatic hydroxyl groups is 1. The van der Waals surface area contributed by atoms with Crippen molar-refractivity contribution >= 4 is 5.91 Å². The number of nitrogens with zero attached hydrogens (tertiary/aromatic N) is 2. The Bertz CT molecular complexity index is 860. The smallest absolute Gasteiger partial charge is 0.253 e. The molecule has 1 N–H and O–H groups in total. The predicted molar refractivity (Wildman–Crippen MR) is 102 cm³/mol. The second kappa shape index (κ2) is 7.08. The summed E-state index contributed by atoms with van der Waals surface area (Å²) in [6.07, 6.45) is 5.89. The van der Waals surface area contributed by atoms with Crippen LogP contribution < -0.4 is 0 Å². The van der Waals surface area contributed by atoms with E-state index in [1.807, 2.05) is 70.4 Å². The Hall–Kier alpha value is -3.01. The van der Waals surface area contributed by atoms with E-state index in [2.05, 4.69) is 0 Å². The van der Waals surface area contributed by atoms with Crippen LogP contribution in [0.4, 0.5) is 0 Å². The summed E-state index contributed by atoms with van der Waals surface area (Å²) in [5, 5.41) is 9.42. The fraction of sp³-hybridized carbons (Fsp3) is 0.227. The molecule has 4 heteroatoms. The van der Waals surface area contributed by atoms with Gasteiger partial charge >= 0.3 is 0 Å². The van der Waals surface area contributed by atoms with Crippen molar-refractivity contribution < 1.29 is 9.90 Å². The van der Waals surface area contributed by atoms with Gasteiger partial charge in [0.25, 0.3) is 5.91 Å². The summed E-state index contributed by atoms with van der Waals surface area (Å²) < 4.78 is 2.03. The molecule has 3 aromatic rings. The van der Waals surface area contributed by atoms with E-state index in [1.54, 1.807) is 12.1 Å². The zero-order valence-corrected chi connectivity index (χ0v) is 14.6. The van der Waals surface area contributed by atoms with Crippen LogP contribution in [-0.2, 0) is 0 Å². The molecule has 1 aliphatic rings. The van der Waals surface area contributed by atoms with Crippen LogP contribution in [0.3, 0.4) is 0 Å². The third-order valence-electron chi connectivity index (χ3n) is 5.16. The standard InChI is InChI=1S/C22H22N2O2/c25-21-9-5-17(6-10-21)18-11-15-24(16-12-18)22(26)19-3-7-20(8-4-19)23-13-1-2-14-23/h1-10,13-14,18,25H,11-12,15-16H2. The number of rotatable bonds is 3. The molecule has 0 unspecified atom stereocenters. The quantitative estimate of drug-likeness (QED) is 0.772. The summed E-state index contributed by atoms with van der Waals surface area (Å²) in [4.78, 5) is 14.7. The number of amides is 1. The van der Waals surface area contributed by atoms with Gasteiger partial charge in [0.1, 0.15) is 5.75 Å². The van der Waals surface area contributed by atoms with E-state index in [1.165, 1.54) is 5.56 Å². The van der Waals surface area contributed by atoms with Gasteiger partial charge in [0.2, 0.25) is 0 Å². The number of phenols is 1. The normalized spacial score (nSPS) is 15.2. The number of carbonyl (C=O) groups excluding carboxylic acids is 1. The van der Waals surface area contributed by atoms with Crippen molar-refractivity contribution in [3.8, 4) is 11.4 Å². The topological polar surface area (TPSA) is 45.5 Å². The zero-order chi connectivity index (χ0) is 17.9. The van der Waals surface area contributed by atoms with Gasteiger partial charge in [-0.2, -0.15) is 0 Å². The second-order valence-electron chi connectivity index (χ2n) is 6.80. The molecular formula is C22H22N2O2. The van der Waals surface area contributed by atoms with Gasteiger partial charge < -0.3 is 14.6 Å². The lowest BCUT2D eigenvalue weighted by atomic mass is 9.89. The van der Waals surface area contributed by atoms with Crippen LogP contribution in [0.2, 0.25) is 0 Å². The van der Waals surface area contributed by atoms with Crippen molar-refractivity contribution in [2.75, 3.05) is 13.1 Å². The minimum atomic E-state index is 0.105. The van der Waals surface area contributed by atoms with Crippen molar-refractivity contribution in [3.05, 3.63) is 84.2 Å². The number of piperidine rings is 1. The van der Waals surface area contributed by atoms with Crippen molar-refractivity contribution in [2.45, 2.75) is 18.8 Å². The first kappa shape index (κ1) is 16.5. The highest BCUT2D eigenvalue weighted by Gasteiger charge is 2.24. The molecule has 0 saturated carbocycles. The maximum absolute atomic E-state index is 12.8. The summed E-state index contributed by atoms with van der Waals surface area (Å²) in [5.41, 5.74) is 3.03. The van der Waals surface area contributed by atoms with Gasteiger partial charge in [0.05, 0.1) is 0 Å². The van der Waals surface area contributed by atoms with E-state index >= 15 is 0 Å². The van der Waals surface area contributed by atoms with E-state index < -0.39 is 0 Å². The van der Waals surface area contributed by atoms with E-state index in [-0.39, 0.29) is 5.91 Å². The SMILES string of the molecule is O=C(c1ccc(-n2cccc2)cc1)N1CCC(c2ccc(O)cc2)CC1. The molecule has 1 amide bonds. The molecule has 0 atom stereocenters. The molecule has 4 rings (SSSR count). The van der Waals surface area contributed by atoms with Crippen molar-refractivity contribution in [1.29, 1.82) is 0 Å². The summed E-state index contributed by atoms with van der Waals surface area (Å²) >= 11 is 0. The maximum atomic E-state index is 12.8. The number of likely N-dealkylation sites (tertiary alicyclic amines) is 1. The molecule has 1 aliphatic heterocycles. The Morgan fingerprint density at radius 1 is 0.885 bits per heavy atom. The molecule has 0 spiro atoms. The van der Waals surface area contributed by atoms with E-state index in [0.29, 0.717) is 11.7 Å². The first-order valence-corrected chi connectivity index (χ1v) is 9.02. The van der Waals surface area contributed by atoms with Crippen LogP contribution in [0, 0.1) is 0 Å². The zero-order valence-electron chi connectivity index (χ0n) is 14.6. The second-order valence-corrected chi connectivity index (χ2v) is 6.80. The van der Waals surface area contributed by atoms with Crippen molar-refractivity contribution in [2.24, 2.45) is 0 Å². The molecule has 1 saturated heterocycles. The number of aromatic nitrogens is 1. The van der Waals surface area contributed by atoms with Crippen LogP contribution in [-0.4, -0.2) is 33.6 Å². The van der Waals surface area contributed by atoms with Crippen molar-refractivity contribution in [3.63, 3.8) is 0 Å². The molecule has 1 aromatic heterocycles. The largest absolute Gasteiger partial charge is 0.508 e. The molecule has 26 heavy (non-hydrogen) atoms. The first-order valence-electron chi connectivity index (χ1n) is 9.02. The van der Waals surface area contributed by atoms with E-state index in [4.69, 9.17) is 0 Å². The molecule has 0 aliphatic carbocycles. The number of hydrogen-bond acceptors (Lipinski definition) is 2. The third-order valence-corrected chi connectivity index (χ3v) is 5.16. The molecule has 132 valence electrons. The fourth-order valence-electron chi connectivity index (χ4n) is 3.63. The lowest BCUT2D eigenvalue weighted by molar-refractivity contribution is 0.0713. The third kappa shape index (κ3) is 3.36. The number of phenolic OH excluding ortho intramolecular Hbond substituents is 1. The minimum Gasteiger partial charge on any atom is -0.508 e. The lowest BCUT2D eigenvalue weighted by Gasteiger charge is -2.32. The maximum Gasteiger partial charge on any atom is 0.253 e. The molecule has 1 fully saturated rings. The number of benzene rings is 2. The van der Waals surface area contributed by atoms with Crippen LogP contribution in [0.25, 0.3) is 5.69 Å². The predicted octanol–water partition coefficient (Wildman–Crippen LogP) is 4.20. The average molecular weight is 346 g/mol. The Morgan fingerprint density at radius 3 is 2.12 bits per heavy atom. The van der Waals surface area contributed by atoms with Crippen LogP contribution in [0.15, 0.2) is 73.1 Å². The van der Waals surface area contributed by atoms with E-state index in [9.17, 15) is 9.90 Å². The fourth-order valence-corrected chi connectivity index (χ4v) is 3.63. The number of carbonyl (C=O) groups is 1. The summed E-state index contributed by atoms with van der Waals surface area (Å²) in [7, 11) is 0. The Kier molecular flexibility index (Phi) is 4.48. The molecule has 0 radical (unpaired) electrons. The van der Waals surface area contributed by atoms with Crippen LogP contribution in [0.1, 0.15) is 34.7 Å². The minimum absolute atomic E-state index is 0.105. The van der Waals surface area contributed by atoms with Gasteiger partial charge in [-0.1, -0.05) is 12.1 Å². The number of hydrogen-bond donors (Lipinski definition) is 1. The molecule has 2 aromatic carbocycles. The Balaban J connectivity index is 1.39. The Morgan fingerprint density at radius 2 is 1.50 bits per heavy atom. The van der Waals surface area contributed by atoms with Gasteiger partial charge in [0, 0.05) is 36.7 Å². The van der Waals surface area contributed by atoms with E-state index in [0.717, 1.165) is 37.2 Å². The molecule has 0 bridgehead atoms. The molecule has 2 heterocycles.